The van der Waals surface area contributed by atoms with E-state index in [0.29, 0.717) is 23.0 Å². The summed E-state index contributed by atoms with van der Waals surface area (Å²) in [4.78, 5) is 30.3. The number of imidazole rings is 1. The number of carbonyl (C=O) groups is 1. The molecule has 0 unspecified atom stereocenters. The maximum Gasteiger partial charge on any atom is 0.333 e. The van der Waals surface area contributed by atoms with Gasteiger partial charge < -0.3 is 9.80 Å². The summed E-state index contributed by atoms with van der Waals surface area (Å²) in [6.45, 7) is 8.92. The first kappa shape index (κ1) is 25.5. The van der Waals surface area contributed by atoms with Crippen molar-refractivity contribution in [3.8, 4) is 0 Å². The van der Waals surface area contributed by atoms with Crippen LogP contribution in [0, 0.1) is 0 Å². The quantitative estimate of drug-likeness (QED) is 0.394. The topological polar surface area (TPSA) is 50.5 Å². The Morgan fingerprint density at radius 2 is 1.74 bits per heavy atom. The molecule has 1 saturated heterocycles. The first-order valence-electron chi connectivity index (χ1n) is 12.2. The molecule has 0 saturated carbocycles. The fraction of sp³-hybridized carbons (Fsp3) is 0.407. The molecule has 8 heteroatoms. The lowest BCUT2D eigenvalue weighted by atomic mass is 10.0. The number of fused-ring (bicyclic) bond motifs is 1. The monoisotopic (exact) mass is 514 g/mol. The second-order valence-corrected chi connectivity index (χ2v) is 9.79. The molecule has 1 amide bonds. The van der Waals surface area contributed by atoms with E-state index in [9.17, 15) is 9.59 Å². The summed E-state index contributed by atoms with van der Waals surface area (Å²) < 4.78 is 3.66. The zero-order valence-corrected chi connectivity index (χ0v) is 22.0. The van der Waals surface area contributed by atoms with E-state index < -0.39 is 0 Å². The maximum atomic E-state index is 13.2. The SMILES string of the molecule is C/C=C(\C)n1c(=O)n(CCN2CCC(N(C(=O)CC)c3ccc(Cl)c(Cl)c3)CC2)c2ccccc21. The van der Waals surface area contributed by atoms with Crippen LogP contribution in [0.25, 0.3) is 16.7 Å². The second kappa shape index (κ2) is 11.0. The van der Waals surface area contributed by atoms with E-state index in [-0.39, 0.29) is 17.6 Å². The maximum absolute atomic E-state index is 13.2. The number of likely N-dealkylation sites (tertiary alicyclic amines) is 1. The summed E-state index contributed by atoms with van der Waals surface area (Å²) in [5.41, 5.74) is 3.60. The second-order valence-electron chi connectivity index (χ2n) is 8.98. The summed E-state index contributed by atoms with van der Waals surface area (Å²) in [5.74, 6) is 0.0838. The first-order valence-corrected chi connectivity index (χ1v) is 12.9. The van der Waals surface area contributed by atoms with Crippen LogP contribution in [0.15, 0.2) is 53.3 Å². The van der Waals surface area contributed by atoms with E-state index in [1.165, 1.54) is 0 Å². The molecule has 1 aromatic heterocycles. The molecular formula is C27H32Cl2N4O2. The summed E-state index contributed by atoms with van der Waals surface area (Å²) in [6, 6.07) is 13.4. The number of hydrogen-bond donors (Lipinski definition) is 0. The Labute approximate surface area is 216 Å². The number of benzene rings is 2. The summed E-state index contributed by atoms with van der Waals surface area (Å²) in [6.07, 6.45) is 4.11. The van der Waals surface area contributed by atoms with Crippen LogP contribution >= 0.6 is 23.2 Å². The summed E-state index contributed by atoms with van der Waals surface area (Å²) >= 11 is 12.3. The third kappa shape index (κ3) is 5.20. The number of para-hydroxylation sites is 2. The van der Waals surface area contributed by atoms with E-state index in [4.69, 9.17) is 23.2 Å². The number of aromatic nitrogens is 2. The third-order valence-corrected chi connectivity index (χ3v) is 7.66. The van der Waals surface area contributed by atoms with Gasteiger partial charge in [-0.05, 0) is 57.0 Å². The average molecular weight is 515 g/mol. The van der Waals surface area contributed by atoms with Gasteiger partial charge in [0.05, 0.1) is 21.1 Å². The molecule has 4 rings (SSSR count). The minimum Gasteiger partial charge on any atom is -0.309 e. The zero-order valence-electron chi connectivity index (χ0n) is 20.5. The molecule has 2 heterocycles. The van der Waals surface area contributed by atoms with Crippen LogP contribution in [0.2, 0.25) is 10.0 Å². The number of amides is 1. The molecule has 6 nitrogen and oxygen atoms in total. The zero-order chi connectivity index (χ0) is 25.1. The lowest BCUT2D eigenvalue weighted by molar-refractivity contribution is -0.119. The number of halogens is 2. The Kier molecular flexibility index (Phi) is 8.05. The van der Waals surface area contributed by atoms with E-state index >= 15 is 0 Å². The van der Waals surface area contributed by atoms with Gasteiger partial charge in [0.25, 0.3) is 0 Å². The van der Waals surface area contributed by atoms with Crippen molar-refractivity contribution in [1.29, 1.82) is 0 Å². The largest absolute Gasteiger partial charge is 0.333 e. The molecule has 1 aliphatic rings. The van der Waals surface area contributed by atoms with Gasteiger partial charge in [0.15, 0.2) is 0 Å². The van der Waals surface area contributed by atoms with Gasteiger partial charge in [-0.25, -0.2) is 4.79 Å². The lowest BCUT2D eigenvalue weighted by Crippen LogP contribution is -2.48. The van der Waals surface area contributed by atoms with Crippen molar-refractivity contribution in [2.75, 3.05) is 24.5 Å². The minimum absolute atomic E-state index is 0.00368. The van der Waals surface area contributed by atoms with Gasteiger partial charge >= 0.3 is 5.69 Å². The predicted molar refractivity (Wildman–Crippen MR) is 146 cm³/mol. The number of piperidine rings is 1. The van der Waals surface area contributed by atoms with Gasteiger partial charge in [0, 0.05) is 50.0 Å². The average Bonchev–Trinajstić information content (AvgIpc) is 3.16. The van der Waals surface area contributed by atoms with Gasteiger partial charge in [-0.3, -0.25) is 13.9 Å². The molecule has 0 N–H and O–H groups in total. The van der Waals surface area contributed by atoms with Crippen LogP contribution in [0.1, 0.15) is 40.0 Å². The molecule has 3 aromatic rings. The summed E-state index contributed by atoms with van der Waals surface area (Å²) in [5, 5.41) is 0.934. The van der Waals surface area contributed by atoms with Crippen molar-refractivity contribution < 1.29 is 4.79 Å². The molecule has 0 spiro atoms. The standard InChI is InChI=1S/C27H32Cl2N4O2/c1-4-19(3)32-25-9-7-6-8-24(25)31(27(32)35)17-16-30-14-12-20(13-15-30)33(26(34)5-2)21-10-11-22(28)23(29)18-21/h4,6-11,18,20H,5,12-17H2,1-3H3/b19-4+. The normalized spacial score (nSPS) is 15.6. The molecule has 0 atom stereocenters. The Hall–Kier alpha value is -2.54. The van der Waals surface area contributed by atoms with E-state index in [1.807, 2.05) is 66.6 Å². The van der Waals surface area contributed by atoms with Gasteiger partial charge in [0.2, 0.25) is 5.91 Å². The highest BCUT2D eigenvalue weighted by Gasteiger charge is 2.29. The Morgan fingerprint density at radius 3 is 2.37 bits per heavy atom. The number of nitrogens with zero attached hydrogens (tertiary/aromatic N) is 4. The molecule has 1 aliphatic heterocycles. The summed E-state index contributed by atoms with van der Waals surface area (Å²) in [7, 11) is 0. The molecular weight excluding hydrogens is 483 g/mol. The molecule has 35 heavy (non-hydrogen) atoms. The molecule has 0 radical (unpaired) electrons. The molecule has 0 aliphatic carbocycles. The minimum atomic E-state index is -0.00368. The van der Waals surface area contributed by atoms with Gasteiger partial charge in [0.1, 0.15) is 0 Å². The fourth-order valence-corrected chi connectivity index (χ4v) is 5.19. The number of anilines is 1. The number of rotatable bonds is 7. The lowest BCUT2D eigenvalue weighted by Gasteiger charge is -2.38. The highest BCUT2D eigenvalue weighted by Crippen LogP contribution is 2.31. The Balaban J connectivity index is 1.46. The molecule has 2 aromatic carbocycles. The van der Waals surface area contributed by atoms with Crippen LogP contribution in [0.5, 0.6) is 0 Å². The number of allylic oxidation sites excluding steroid dienone is 2. The third-order valence-electron chi connectivity index (χ3n) is 6.92. The van der Waals surface area contributed by atoms with Crippen LogP contribution in [0.4, 0.5) is 5.69 Å². The Bertz CT molecular complexity index is 1300. The van der Waals surface area contributed by atoms with E-state index in [0.717, 1.165) is 54.9 Å². The molecule has 0 bridgehead atoms. The van der Waals surface area contributed by atoms with Crippen molar-refractivity contribution in [3.63, 3.8) is 0 Å². The van der Waals surface area contributed by atoms with Crippen molar-refractivity contribution in [1.82, 2.24) is 14.0 Å². The van der Waals surface area contributed by atoms with Crippen molar-refractivity contribution in [3.05, 3.63) is 69.1 Å². The van der Waals surface area contributed by atoms with Gasteiger partial charge in [-0.1, -0.05) is 48.3 Å². The fourth-order valence-electron chi connectivity index (χ4n) is 4.90. The van der Waals surface area contributed by atoms with Crippen molar-refractivity contribution in [2.45, 2.75) is 52.6 Å². The number of hydrogen-bond acceptors (Lipinski definition) is 3. The molecule has 186 valence electrons. The Morgan fingerprint density at radius 1 is 1.06 bits per heavy atom. The molecule has 1 fully saturated rings. The first-order chi connectivity index (χ1) is 16.8. The van der Waals surface area contributed by atoms with Crippen LogP contribution in [-0.2, 0) is 11.3 Å². The van der Waals surface area contributed by atoms with Crippen molar-refractivity contribution >= 4 is 51.5 Å². The van der Waals surface area contributed by atoms with Crippen molar-refractivity contribution in [2.24, 2.45) is 0 Å². The van der Waals surface area contributed by atoms with Gasteiger partial charge in [-0.15, -0.1) is 0 Å². The van der Waals surface area contributed by atoms with Crippen LogP contribution in [0.3, 0.4) is 0 Å². The van der Waals surface area contributed by atoms with Crippen LogP contribution in [-0.4, -0.2) is 45.6 Å². The van der Waals surface area contributed by atoms with Crippen LogP contribution < -0.4 is 10.6 Å². The van der Waals surface area contributed by atoms with E-state index in [2.05, 4.69) is 4.90 Å². The number of carbonyl (C=O) groups excluding carboxylic acids is 1. The highest BCUT2D eigenvalue weighted by molar-refractivity contribution is 6.42. The predicted octanol–water partition coefficient (Wildman–Crippen LogP) is 5.90. The smallest absolute Gasteiger partial charge is 0.309 e. The highest BCUT2D eigenvalue weighted by atomic mass is 35.5. The van der Waals surface area contributed by atoms with E-state index in [1.54, 1.807) is 16.7 Å². The van der Waals surface area contributed by atoms with Gasteiger partial charge in [-0.2, -0.15) is 0 Å².